The van der Waals surface area contributed by atoms with E-state index < -0.39 is 11.7 Å². The van der Waals surface area contributed by atoms with Gasteiger partial charge in [0.05, 0.1) is 19.1 Å². The van der Waals surface area contributed by atoms with E-state index in [1.54, 1.807) is 21.3 Å². The van der Waals surface area contributed by atoms with Gasteiger partial charge in [-0.05, 0) is 30.5 Å². The second-order valence-electron chi connectivity index (χ2n) is 4.92. The average Bonchev–Trinajstić information content (AvgIpc) is 3.30. The van der Waals surface area contributed by atoms with Crippen molar-refractivity contribution < 1.29 is 19.0 Å². The van der Waals surface area contributed by atoms with E-state index in [0.717, 1.165) is 24.2 Å². The minimum absolute atomic E-state index is 0.0294. The van der Waals surface area contributed by atoms with Crippen molar-refractivity contribution in [2.75, 3.05) is 27.9 Å². The first-order valence-electron chi connectivity index (χ1n) is 6.64. The Labute approximate surface area is 119 Å². The maximum Gasteiger partial charge on any atom is 0.230 e. The van der Waals surface area contributed by atoms with Crippen LogP contribution in [0.2, 0.25) is 0 Å². The molecule has 5 nitrogen and oxygen atoms in total. The van der Waals surface area contributed by atoms with Crippen LogP contribution in [0.3, 0.4) is 0 Å². The Morgan fingerprint density at radius 2 is 1.80 bits per heavy atom. The molecule has 0 aliphatic heterocycles. The largest absolute Gasteiger partial charge is 0.497 e. The number of methoxy groups -OCH3 is 3. The van der Waals surface area contributed by atoms with Crippen molar-refractivity contribution in [1.29, 1.82) is 0 Å². The van der Waals surface area contributed by atoms with Crippen molar-refractivity contribution >= 4 is 5.91 Å². The summed E-state index contributed by atoms with van der Waals surface area (Å²) in [5, 5.41) is 2.89. The molecular formula is C15H21NO4. The van der Waals surface area contributed by atoms with Gasteiger partial charge in [-0.15, -0.1) is 0 Å². The molecular weight excluding hydrogens is 258 g/mol. The zero-order valence-electron chi connectivity index (χ0n) is 12.1. The smallest absolute Gasteiger partial charge is 0.230 e. The van der Waals surface area contributed by atoms with Crippen LogP contribution in [-0.2, 0) is 19.7 Å². The van der Waals surface area contributed by atoms with Crippen LogP contribution in [0, 0.1) is 0 Å². The van der Waals surface area contributed by atoms with Crippen molar-refractivity contribution in [1.82, 2.24) is 5.32 Å². The third-order valence-electron chi connectivity index (χ3n) is 3.78. The van der Waals surface area contributed by atoms with Gasteiger partial charge in [0.25, 0.3) is 0 Å². The van der Waals surface area contributed by atoms with Crippen LogP contribution in [0.4, 0.5) is 0 Å². The molecule has 0 aromatic heterocycles. The molecule has 0 bridgehead atoms. The summed E-state index contributed by atoms with van der Waals surface area (Å²) < 4.78 is 15.3. The number of carbonyl (C=O) groups is 1. The number of hydrogen-bond acceptors (Lipinski definition) is 4. The standard InChI is InChI=1S/C15H21NO4/c1-18-12-6-4-11(5-7-12)15(8-9-15)14(17)16-10-13(19-2)20-3/h4-7,13H,8-10H2,1-3H3,(H,16,17). The maximum absolute atomic E-state index is 12.4. The van der Waals surface area contributed by atoms with Crippen LogP contribution < -0.4 is 10.1 Å². The summed E-state index contributed by atoms with van der Waals surface area (Å²) >= 11 is 0. The Morgan fingerprint density at radius 3 is 2.25 bits per heavy atom. The third kappa shape index (κ3) is 2.94. The Balaban J connectivity index is 2.00. The van der Waals surface area contributed by atoms with E-state index in [1.807, 2.05) is 24.3 Å². The van der Waals surface area contributed by atoms with Crippen LogP contribution in [-0.4, -0.2) is 40.1 Å². The topological polar surface area (TPSA) is 56.8 Å². The van der Waals surface area contributed by atoms with Crippen molar-refractivity contribution in [3.63, 3.8) is 0 Å². The summed E-state index contributed by atoms with van der Waals surface area (Å²) in [7, 11) is 4.73. The zero-order chi connectivity index (χ0) is 14.6. The van der Waals surface area contributed by atoms with Crippen LogP contribution in [0.25, 0.3) is 0 Å². The molecule has 1 aromatic rings. The van der Waals surface area contributed by atoms with Crippen LogP contribution >= 0.6 is 0 Å². The lowest BCUT2D eigenvalue weighted by Crippen LogP contribution is -2.40. The predicted molar refractivity (Wildman–Crippen MR) is 74.7 cm³/mol. The first kappa shape index (κ1) is 14.8. The molecule has 1 amide bonds. The number of amides is 1. The summed E-state index contributed by atoms with van der Waals surface area (Å²) in [6.45, 7) is 0.351. The summed E-state index contributed by atoms with van der Waals surface area (Å²) in [6.07, 6.45) is 1.33. The summed E-state index contributed by atoms with van der Waals surface area (Å²) in [5.74, 6) is 0.825. The summed E-state index contributed by atoms with van der Waals surface area (Å²) in [6, 6.07) is 7.68. The summed E-state index contributed by atoms with van der Waals surface area (Å²) in [5.41, 5.74) is 0.639. The second kappa shape index (κ2) is 6.24. The molecule has 1 aliphatic rings. The second-order valence-corrected chi connectivity index (χ2v) is 4.92. The van der Waals surface area contributed by atoms with Crippen molar-refractivity contribution in [2.45, 2.75) is 24.5 Å². The first-order chi connectivity index (χ1) is 9.66. The minimum Gasteiger partial charge on any atom is -0.497 e. The van der Waals surface area contributed by atoms with Crippen molar-refractivity contribution in [2.24, 2.45) is 0 Å². The van der Waals surface area contributed by atoms with Crippen molar-refractivity contribution in [3.8, 4) is 5.75 Å². The molecule has 0 heterocycles. The lowest BCUT2D eigenvalue weighted by atomic mass is 9.95. The molecule has 0 radical (unpaired) electrons. The van der Waals surface area contributed by atoms with E-state index in [9.17, 15) is 4.79 Å². The molecule has 0 saturated heterocycles. The minimum atomic E-state index is -0.411. The molecule has 1 aromatic carbocycles. The molecule has 1 fully saturated rings. The molecule has 2 rings (SSSR count). The van der Waals surface area contributed by atoms with Gasteiger partial charge in [0, 0.05) is 14.2 Å². The Hall–Kier alpha value is -1.59. The van der Waals surface area contributed by atoms with Gasteiger partial charge in [0.2, 0.25) is 5.91 Å². The normalized spacial score (nSPS) is 16.0. The van der Waals surface area contributed by atoms with Gasteiger partial charge in [0.1, 0.15) is 5.75 Å². The third-order valence-corrected chi connectivity index (χ3v) is 3.78. The Bertz CT molecular complexity index is 449. The fourth-order valence-corrected chi connectivity index (χ4v) is 2.29. The zero-order valence-corrected chi connectivity index (χ0v) is 12.1. The highest BCUT2D eigenvalue weighted by atomic mass is 16.7. The van der Waals surface area contributed by atoms with E-state index >= 15 is 0 Å². The maximum atomic E-state index is 12.4. The molecule has 1 aliphatic carbocycles. The van der Waals surface area contributed by atoms with E-state index in [2.05, 4.69) is 5.32 Å². The number of hydrogen-bond donors (Lipinski definition) is 1. The van der Waals surface area contributed by atoms with Gasteiger partial charge in [-0.1, -0.05) is 12.1 Å². The number of rotatable bonds is 7. The lowest BCUT2D eigenvalue weighted by molar-refractivity contribution is -0.129. The van der Waals surface area contributed by atoms with Gasteiger partial charge in [-0.3, -0.25) is 4.79 Å². The van der Waals surface area contributed by atoms with Gasteiger partial charge in [-0.25, -0.2) is 0 Å². The van der Waals surface area contributed by atoms with Crippen molar-refractivity contribution in [3.05, 3.63) is 29.8 Å². The van der Waals surface area contributed by atoms with Gasteiger partial charge < -0.3 is 19.5 Å². The molecule has 110 valence electrons. The molecule has 0 unspecified atom stereocenters. The number of carbonyl (C=O) groups excluding carboxylic acids is 1. The lowest BCUT2D eigenvalue weighted by Gasteiger charge is -2.19. The fourth-order valence-electron chi connectivity index (χ4n) is 2.29. The SMILES string of the molecule is COc1ccc(C2(C(=O)NCC(OC)OC)CC2)cc1. The van der Waals surface area contributed by atoms with Gasteiger partial charge in [0.15, 0.2) is 6.29 Å². The molecule has 1 saturated carbocycles. The fraction of sp³-hybridized carbons (Fsp3) is 0.533. The van der Waals surface area contributed by atoms with Crippen LogP contribution in [0.5, 0.6) is 5.75 Å². The monoisotopic (exact) mass is 279 g/mol. The van der Waals surface area contributed by atoms with Gasteiger partial charge in [-0.2, -0.15) is 0 Å². The average molecular weight is 279 g/mol. The molecule has 1 N–H and O–H groups in total. The highest BCUT2D eigenvalue weighted by Gasteiger charge is 2.51. The van der Waals surface area contributed by atoms with E-state index in [4.69, 9.17) is 14.2 Å². The molecule has 5 heteroatoms. The van der Waals surface area contributed by atoms with E-state index in [1.165, 1.54) is 0 Å². The highest BCUT2D eigenvalue weighted by molar-refractivity contribution is 5.91. The molecule has 0 spiro atoms. The molecule has 0 atom stereocenters. The van der Waals surface area contributed by atoms with Gasteiger partial charge >= 0.3 is 0 Å². The summed E-state index contributed by atoms with van der Waals surface area (Å²) in [4.78, 5) is 12.4. The highest BCUT2D eigenvalue weighted by Crippen LogP contribution is 2.48. The number of benzene rings is 1. The first-order valence-corrected chi connectivity index (χ1v) is 6.64. The molecule has 20 heavy (non-hydrogen) atoms. The van der Waals surface area contributed by atoms with E-state index in [-0.39, 0.29) is 5.91 Å². The Morgan fingerprint density at radius 1 is 1.20 bits per heavy atom. The Kier molecular flexibility index (Phi) is 4.62. The van der Waals surface area contributed by atoms with E-state index in [0.29, 0.717) is 6.54 Å². The quantitative estimate of drug-likeness (QED) is 0.768. The van der Waals surface area contributed by atoms with Crippen LogP contribution in [0.1, 0.15) is 18.4 Å². The van der Waals surface area contributed by atoms with Crippen LogP contribution in [0.15, 0.2) is 24.3 Å². The number of nitrogens with one attached hydrogen (secondary N) is 1. The number of ether oxygens (including phenoxy) is 3. The predicted octanol–water partition coefficient (Wildman–Crippen LogP) is 1.46.